The van der Waals surface area contributed by atoms with E-state index in [2.05, 4.69) is 6.07 Å². The maximum atomic E-state index is 12.7. The highest BCUT2D eigenvalue weighted by atomic mass is 16.6. The van der Waals surface area contributed by atoms with E-state index in [4.69, 9.17) is 10.00 Å². The molecule has 1 fully saturated rings. The third-order valence-electron chi connectivity index (χ3n) is 4.08. The van der Waals surface area contributed by atoms with Gasteiger partial charge in [0.05, 0.1) is 18.0 Å². The van der Waals surface area contributed by atoms with E-state index < -0.39 is 18.1 Å². The predicted octanol–water partition coefficient (Wildman–Crippen LogP) is 3.67. The number of benzene rings is 1. The summed E-state index contributed by atoms with van der Waals surface area (Å²) in [6.07, 6.45) is -0.389. The number of amides is 2. The summed E-state index contributed by atoms with van der Waals surface area (Å²) in [5.74, 6) is -0.503. The molecule has 1 aromatic carbocycles. The fourth-order valence-electron chi connectivity index (χ4n) is 2.99. The molecular weight excluding hydrogens is 292 g/mol. The predicted molar refractivity (Wildman–Crippen MR) is 85.1 cm³/mol. The number of rotatable bonds is 5. The number of carbonyl (C=O) groups is 2. The standard InChI is InChI=1S/C18H22N2O3/c1-12(2)11-15(9-10-19)17(21)20-13(3)16(23-18(20)22)14-7-5-4-6-8-14/h4-8,12-13,15-16H,9,11H2,1-3H3/t13-,15?,16-/m1/s1. The number of nitrogens with zero attached hydrogens (tertiary/aromatic N) is 2. The van der Waals surface area contributed by atoms with Crippen LogP contribution in [0.2, 0.25) is 0 Å². The van der Waals surface area contributed by atoms with Crippen molar-refractivity contribution in [1.29, 1.82) is 5.26 Å². The van der Waals surface area contributed by atoms with Crippen molar-refractivity contribution in [1.82, 2.24) is 4.90 Å². The number of carbonyl (C=O) groups excluding carboxylic acids is 2. The van der Waals surface area contributed by atoms with Crippen LogP contribution < -0.4 is 0 Å². The first-order chi connectivity index (χ1) is 11.0. The fourth-order valence-corrected chi connectivity index (χ4v) is 2.99. The summed E-state index contributed by atoms with van der Waals surface area (Å²) >= 11 is 0. The van der Waals surface area contributed by atoms with Crippen LogP contribution in [0.3, 0.4) is 0 Å². The molecule has 0 bridgehead atoms. The number of hydrogen-bond donors (Lipinski definition) is 0. The van der Waals surface area contributed by atoms with Crippen molar-refractivity contribution in [2.75, 3.05) is 0 Å². The first kappa shape index (κ1) is 17.0. The summed E-state index contributed by atoms with van der Waals surface area (Å²) in [5, 5.41) is 8.97. The highest BCUT2D eigenvalue weighted by Crippen LogP contribution is 2.34. The zero-order chi connectivity index (χ0) is 17.0. The van der Waals surface area contributed by atoms with Gasteiger partial charge in [0.15, 0.2) is 0 Å². The van der Waals surface area contributed by atoms with Gasteiger partial charge in [-0.05, 0) is 24.8 Å². The van der Waals surface area contributed by atoms with E-state index in [9.17, 15) is 9.59 Å². The number of cyclic esters (lactones) is 1. The van der Waals surface area contributed by atoms with Crippen molar-refractivity contribution in [2.45, 2.75) is 45.8 Å². The average Bonchev–Trinajstić information content (AvgIpc) is 2.81. The molecule has 5 heteroatoms. The molecule has 3 atom stereocenters. The Kier molecular flexibility index (Phi) is 5.38. The molecule has 23 heavy (non-hydrogen) atoms. The topological polar surface area (TPSA) is 70.4 Å². The van der Waals surface area contributed by atoms with Crippen LogP contribution in [0.25, 0.3) is 0 Å². The molecule has 122 valence electrons. The summed E-state index contributed by atoms with van der Waals surface area (Å²) in [5.41, 5.74) is 0.865. The Morgan fingerprint density at radius 2 is 2.00 bits per heavy atom. The van der Waals surface area contributed by atoms with Crippen molar-refractivity contribution >= 4 is 12.0 Å². The van der Waals surface area contributed by atoms with E-state index in [1.165, 1.54) is 4.90 Å². The van der Waals surface area contributed by atoms with Crippen molar-refractivity contribution in [3.05, 3.63) is 35.9 Å². The summed E-state index contributed by atoms with van der Waals surface area (Å²) in [6.45, 7) is 5.80. The summed E-state index contributed by atoms with van der Waals surface area (Å²) in [7, 11) is 0. The van der Waals surface area contributed by atoms with Gasteiger partial charge in [0, 0.05) is 6.42 Å². The zero-order valence-corrected chi connectivity index (χ0v) is 13.7. The maximum absolute atomic E-state index is 12.7. The van der Waals surface area contributed by atoms with Gasteiger partial charge in [-0.15, -0.1) is 0 Å². The van der Waals surface area contributed by atoms with Crippen molar-refractivity contribution in [3.63, 3.8) is 0 Å². The molecule has 1 unspecified atom stereocenters. The molecule has 0 aliphatic carbocycles. The summed E-state index contributed by atoms with van der Waals surface area (Å²) < 4.78 is 5.41. The lowest BCUT2D eigenvalue weighted by Gasteiger charge is -2.24. The molecule has 0 spiro atoms. The number of ether oxygens (including phenoxy) is 1. The van der Waals surface area contributed by atoms with Crippen LogP contribution in [0, 0.1) is 23.2 Å². The maximum Gasteiger partial charge on any atom is 0.417 e. The second-order valence-electron chi connectivity index (χ2n) is 6.35. The quantitative estimate of drug-likeness (QED) is 0.831. The lowest BCUT2D eigenvalue weighted by molar-refractivity contribution is -0.133. The minimum atomic E-state index is -0.622. The van der Waals surface area contributed by atoms with E-state index in [1.54, 1.807) is 6.92 Å². The Labute approximate surface area is 136 Å². The third kappa shape index (κ3) is 3.70. The highest BCUT2D eigenvalue weighted by Gasteiger charge is 2.45. The van der Waals surface area contributed by atoms with Crippen molar-refractivity contribution < 1.29 is 14.3 Å². The Hall–Kier alpha value is -2.35. The van der Waals surface area contributed by atoms with Gasteiger partial charge in [-0.2, -0.15) is 5.26 Å². The van der Waals surface area contributed by atoms with Gasteiger partial charge >= 0.3 is 6.09 Å². The van der Waals surface area contributed by atoms with Crippen molar-refractivity contribution in [3.8, 4) is 6.07 Å². The monoisotopic (exact) mass is 314 g/mol. The van der Waals surface area contributed by atoms with Crippen LogP contribution in [0.15, 0.2) is 30.3 Å². The summed E-state index contributed by atoms with van der Waals surface area (Å²) in [6, 6.07) is 11.1. The largest absolute Gasteiger partial charge is 0.439 e. The Bertz CT molecular complexity index is 606. The van der Waals surface area contributed by atoms with Crippen molar-refractivity contribution in [2.24, 2.45) is 11.8 Å². The van der Waals surface area contributed by atoms with Crippen LogP contribution in [0.4, 0.5) is 4.79 Å². The van der Waals surface area contributed by atoms with Crippen LogP contribution in [0.5, 0.6) is 0 Å². The molecule has 1 aliphatic heterocycles. The second kappa shape index (κ2) is 7.28. The molecule has 2 amide bonds. The minimum absolute atomic E-state index is 0.115. The Morgan fingerprint density at radius 1 is 1.35 bits per heavy atom. The van der Waals surface area contributed by atoms with Crippen LogP contribution in [-0.2, 0) is 9.53 Å². The molecule has 1 aromatic rings. The number of hydrogen-bond acceptors (Lipinski definition) is 4. The first-order valence-electron chi connectivity index (χ1n) is 7.91. The van der Waals surface area contributed by atoms with Gasteiger partial charge in [0.25, 0.3) is 0 Å². The minimum Gasteiger partial charge on any atom is -0.439 e. The number of imide groups is 1. The van der Waals surface area contributed by atoms with Gasteiger partial charge in [-0.3, -0.25) is 4.79 Å². The molecule has 0 saturated carbocycles. The van der Waals surface area contributed by atoms with Crippen LogP contribution in [0.1, 0.15) is 45.3 Å². The lowest BCUT2D eigenvalue weighted by Crippen LogP contribution is -2.42. The van der Waals surface area contributed by atoms with E-state index in [1.807, 2.05) is 44.2 Å². The highest BCUT2D eigenvalue weighted by molar-refractivity contribution is 5.95. The van der Waals surface area contributed by atoms with Crippen LogP contribution in [-0.4, -0.2) is 22.9 Å². The molecule has 1 saturated heterocycles. The average molecular weight is 314 g/mol. The van der Waals surface area contributed by atoms with E-state index in [0.29, 0.717) is 6.42 Å². The smallest absolute Gasteiger partial charge is 0.417 e. The Balaban J connectivity index is 2.20. The molecule has 5 nitrogen and oxygen atoms in total. The van der Waals surface area contributed by atoms with Crippen LogP contribution >= 0.6 is 0 Å². The molecule has 2 rings (SSSR count). The molecule has 0 N–H and O–H groups in total. The normalized spacial score (nSPS) is 21.9. The van der Waals surface area contributed by atoms with Gasteiger partial charge in [0.2, 0.25) is 5.91 Å². The molecular formula is C18H22N2O3. The van der Waals surface area contributed by atoms with Gasteiger partial charge in [0.1, 0.15) is 6.10 Å². The van der Waals surface area contributed by atoms with Gasteiger partial charge in [-0.1, -0.05) is 44.2 Å². The summed E-state index contributed by atoms with van der Waals surface area (Å²) in [4.78, 5) is 26.1. The van der Waals surface area contributed by atoms with Gasteiger partial charge < -0.3 is 4.74 Å². The molecule has 1 heterocycles. The zero-order valence-electron chi connectivity index (χ0n) is 13.7. The molecule has 0 radical (unpaired) electrons. The lowest BCUT2D eigenvalue weighted by atomic mass is 9.92. The van der Waals surface area contributed by atoms with E-state index >= 15 is 0 Å². The first-order valence-corrected chi connectivity index (χ1v) is 7.91. The number of nitriles is 1. The van der Waals surface area contributed by atoms with E-state index in [-0.39, 0.29) is 24.3 Å². The molecule has 1 aliphatic rings. The second-order valence-corrected chi connectivity index (χ2v) is 6.35. The van der Waals surface area contributed by atoms with E-state index in [0.717, 1.165) is 5.56 Å². The SMILES string of the molecule is CC(C)CC(CC#N)C(=O)N1C(=O)O[C@@H](c2ccccc2)[C@H]1C. The third-order valence-corrected chi connectivity index (χ3v) is 4.08. The fraction of sp³-hybridized carbons (Fsp3) is 0.500. The molecule has 0 aromatic heterocycles. The van der Waals surface area contributed by atoms with Gasteiger partial charge in [-0.25, -0.2) is 9.69 Å². The Morgan fingerprint density at radius 3 is 2.57 bits per heavy atom.